The predicted octanol–water partition coefficient (Wildman–Crippen LogP) is 1.70. The summed E-state index contributed by atoms with van der Waals surface area (Å²) in [6.45, 7) is 2.35. The first-order valence-corrected chi connectivity index (χ1v) is 8.29. The zero-order chi connectivity index (χ0) is 17.5. The van der Waals surface area contributed by atoms with Crippen molar-refractivity contribution in [1.29, 1.82) is 0 Å². The van der Waals surface area contributed by atoms with E-state index in [1.807, 2.05) is 6.92 Å². The fourth-order valence-electron chi connectivity index (χ4n) is 3.98. The van der Waals surface area contributed by atoms with Crippen molar-refractivity contribution in [3.8, 4) is 0 Å². The number of aryl methyl sites for hydroxylation is 1. The van der Waals surface area contributed by atoms with Gasteiger partial charge in [-0.1, -0.05) is 6.42 Å². The number of rotatable bonds is 5. The van der Waals surface area contributed by atoms with Gasteiger partial charge in [-0.15, -0.1) is 0 Å². The molecule has 2 saturated carbocycles. The minimum Gasteiger partial charge on any atom is -0.368 e. The number of hydrogen-bond donors (Lipinski definition) is 2. The topological polar surface area (TPSA) is 90.0 Å². The second-order valence-corrected chi connectivity index (χ2v) is 6.90. The SMILES string of the molecule is CCn1nccc1C(=O)N[C@H](C(N)=O)[C@H]1CCC[C@]2(C1)CC2(F)F. The third-order valence-corrected chi connectivity index (χ3v) is 5.41. The lowest BCUT2D eigenvalue weighted by Crippen LogP contribution is -2.51. The van der Waals surface area contributed by atoms with Crippen molar-refractivity contribution in [2.24, 2.45) is 17.1 Å². The van der Waals surface area contributed by atoms with Crippen molar-refractivity contribution < 1.29 is 18.4 Å². The highest BCUT2D eigenvalue weighted by Crippen LogP contribution is 2.68. The molecule has 3 N–H and O–H groups in total. The maximum absolute atomic E-state index is 13.7. The molecule has 0 aromatic carbocycles. The molecule has 2 aliphatic rings. The van der Waals surface area contributed by atoms with Crippen LogP contribution in [-0.4, -0.2) is 33.6 Å². The molecule has 1 aromatic rings. The molecule has 1 spiro atoms. The number of alkyl halides is 2. The van der Waals surface area contributed by atoms with Gasteiger partial charge in [0.2, 0.25) is 5.91 Å². The highest BCUT2D eigenvalue weighted by Gasteiger charge is 2.71. The molecular weight excluding hydrogens is 318 g/mol. The van der Waals surface area contributed by atoms with Crippen molar-refractivity contribution >= 4 is 11.8 Å². The number of aromatic nitrogens is 2. The molecule has 6 nitrogen and oxygen atoms in total. The molecular formula is C16H22F2N4O2. The molecule has 8 heteroatoms. The van der Waals surface area contributed by atoms with E-state index in [0.29, 0.717) is 31.5 Å². The Morgan fingerprint density at radius 1 is 1.54 bits per heavy atom. The second kappa shape index (κ2) is 5.82. The summed E-state index contributed by atoms with van der Waals surface area (Å²) >= 11 is 0. The van der Waals surface area contributed by atoms with Crippen LogP contribution in [0, 0.1) is 11.3 Å². The number of carbonyl (C=O) groups excluding carboxylic acids is 2. The molecule has 0 unspecified atom stereocenters. The maximum Gasteiger partial charge on any atom is 0.270 e. The third kappa shape index (κ3) is 2.78. The van der Waals surface area contributed by atoms with Gasteiger partial charge in [0, 0.05) is 24.6 Å². The minimum atomic E-state index is -2.65. The molecule has 1 aromatic heterocycles. The lowest BCUT2D eigenvalue weighted by molar-refractivity contribution is -0.121. The van der Waals surface area contributed by atoms with Crippen LogP contribution in [0.5, 0.6) is 0 Å². The Labute approximate surface area is 138 Å². The number of nitrogens with one attached hydrogen (secondary N) is 1. The van der Waals surface area contributed by atoms with Crippen LogP contribution in [0.3, 0.4) is 0 Å². The normalized spacial score (nSPS) is 29.2. The van der Waals surface area contributed by atoms with Crippen LogP contribution >= 0.6 is 0 Å². The number of primary amides is 1. The highest BCUT2D eigenvalue weighted by atomic mass is 19.3. The number of carbonyl (C=O) groups is 2. The lowest BCUT2D eigenvalue weighted by Gasteiger charge is -2.33. The molecule has 2 fully saturated rings. The zero-order valence-electron chi connectivity index (χ0n) is 13.6. The second-order valence-electron chi connectivity index (χ2n) is 6.90. The molecule has 0 radical (unpaired) electrons. The van der Waals surface area contributed by atoms with Gasteiger partial charge in [0.25, 0.3) is 11.8 Å². The Kier molecular flexibility index (Phi) is 4.09. The Morgan fingerprint density at radius 3 is 2.83 bits per heavy atom. The third-order valence-electron chi connectivity index (χ3n) is 5.41. The van der Waals surface area contributed by atoms with Gasteiger partial charge in [-0.2, -0.15) is 5.10 Å². The van der Waals surface area contributed by atoms with Crippen molar-refractivity contribution in [3.05, 3.63) is 18.0 Å². The molecule has 3 atom stereocenters. The summed E-state index contributed by atoms with van der Waals surface area (Å²) in [5.41, 5.74) is 4.78. The van der Waals surface area contributed by atoms with E-state index < -0.39 is 29.2 Å². The summed E-state index contributed by atoms with van der Waals surface area (Å²) in [7, 11) is 0. The van der Waals surface area contributed by atoms with E-state index >= 15 is 0 Å². The Morgan fingerprint density at radius 2 is 2.25 bits per heavy atom. The van der Waals surface area contributed by atoms with Gasteiger partial charge in [-0.05, 0) is 38.2 Å². The first-order chi connectivity index (χ1) is 11.3. The number of halogens is 2. The van der Waals surface area contributed by atoms with Gasteiger partial charge in [0.15, 0.2) is 0 Å². The van der Waals surface area contributed by atoms with Crippen molar-refractivity contribution in [1.82, 2.24) is 15.1 Å². The zero-order valence-corrected chi connectivity index (χ0v) is 13.6. The quantitative estimate of drug-likeness (QED) is 0.855. The monoisotopic (exact) mass is 340 g/mol. The van der Waals surface area contributed by atoms with E-state index in [-0.39, 0.29) is 18.8 Å². The standard InChI is InChI=1S/C16H22F2N4O2/c1-2-22-11(5-7-20-22)14(24)21-12(13(19)23)10-4-3-6-15(8-10)9-16(15,17)18/h5,7,10,12H,2-4,6,8-9H2,1H3,(H2,19,23)(H,21,24)/t10-,12-,15-/m0/s1. The molecule has 0 aliphatic heterocycles. The number of hydrogen-bond acceptors (Lipinski definition) is 3. The maximum atomic E-state index is 13.7. The van der Waals surface area contributed by atoms with Crippen LogP contribution < -0.4 is 11.1 Å². The molecule has 2 amide bonds. The van der Waals surface area contributed by atoms with Gasteiger partial charge >= 0.3 is 0 Å². The minimum absolute atomic E-state index is 0.126. The molecule has 1 heterocycles. The van der Waals surface area contributed by atoms with Crippen LogP contribution in [-0.2, 0) is 11.3 Å². The van der Waals surface area contributed by atoms with E-state index in [9.17, 15) is 18.4 Å². The fraction of sp³-hybridized carbons (Fsp3) is 0.688. The predicted molar refractivity (Wildman–Crippen MR) is 82.3 cm³/mol. The fourth-order valence-corrected chi connectivity index (χ4v) is 3.98. The van der Waals surface area contributed by atoms with Crippen LogP contribution in [0.25, 0.3) is 0 Å². The molecule has 0 bridgehead atoms. The lowest BCUT2D eigenvalue weighted by atomic mass is 9.75. The van der Waals surface area contributed by atoms with E-state index in [2.05, 4.69) is 10.4 Å². The first kappa shape index (κ1) is 16.9. The van der Waals surface area contributed by atoms with Gasteiger partial charge in [-0.3, -0.25) is 14.3 Å². The highest BCUT2D eigenvalue weighted by molar-refractivity contribution is 5.96. The van der Waals surface area contributed by atoms with E-state index in [0.717, 1.165) is 0 Å². The molecule has 0 saturated heterocycles. The average molecular weight is 340 g/mol. The molecule has 132 valence electrons. The summed E-state index contributed by atoms with van der Waals surface area (Å²) in [6.07, 6.45) is 3.29. The van der Waals surface area contributed by atoms with Crippen LogP contribution in [0.15, 0.2) is 12.3 Å². The summed E-state index contributed by atoms with van der Waals surface area (Å²) < 4.78 is 28.9. The number of nitrogens with two attached hydrogens (primary N) is 1. The van der Waals surface area contributed by atoms with Crippen molar-refractivity contribution in [2.75, 3.05) is 0 Å². The van der Waals surface area contributed by atoms with Crippen LogP contribution in [0.2, 0.25) is 0 Å². The largest absolute Gasteiger partial charge is 0.368 e. The first-order valence-electron chi connectivity index (χ1n) is 8.29. The summed E-state index contributed by atoms with van der Waals surface area (Å²) in [5, 5.41) is 6.65. The smallest absolute Gasteiger partial charge is 0.270 e. The molecule has 3 rings (SSSR count). The van der Waals surface area contributed by atoms with Gasteiger partial charge in [0.05, 0.1) is 0 Å². The molecule has 2 aliphatic carbocycles. The molecule has 24 heavy (non-hydrogen) atoms. The average Bonchev–Trinajstić information content (AvgIpc) is 2.91. The van der Waals surface area contributed by atoms with Crippen LogP contribution in [0.4, 0.5) is 8.78 Å². The summed E-state index contributed by atoms with van der Waals surface area (Å²) in [6, 6.07) is 0.611. The summed E-state index contributed by atoms with van der Waals surface area (Å²) in [5.74, 6) is -4.15. The van der Waals surface area contributed by atoms with Gasteiger partial charge in [-0.25, -0.2) is 8.78 Å². The summed E-state index contributed by atoms with van der Waals surface area (Å²) in [4.78, 5) is 24.3. The van der Waals surface area contributed by atoms with Gasteiger partial charge in [0.1, 0.15) is 11.7 Å². The van der Waals surface area contributed by atoms with Crippen LogP contribution in [0.1, 0.15) is 49.5 Å². The van der Waals surface area contributed by atoms with E-state index in [4.69, 9.17) is 5.73 Å². The number of nitrogens with zero attached hydrogens (tertiary/aromatic N) is 2. The van der Waals surface area contributed by atoms with Crippen molar-refractivity contribution in [3.63, 3.8) is 0 Å². The Balaban J connectivity index is 1.73. The Hall–Kier alpha value is -1.99. The number of amides is 2. The Bertz CT molecular complexity index is 660. The van der Waals surface area contributed by atoms with E-state index in [1.54, 1.807) is 6.07 Å². The van der Waals surface area contributed by atoms with E-state index in [1.165, 1.54) is 10.9 Å². The van der Waals surface area contributed by atoms with Crippen molar-refractivity contribution in [2.45, 2.75) is 57.5 Å². The van der Waals surface area contributed by atoms with Gasteiger partial charge < -0.3 is 11.1 Å².